The van der Waals surface area contributed by atoms with Crippen LogP contribution in [0.15, 0.2) is 23.1 Å². The van der Waals surface area contributed by atoms with Crippen LogP contribution in [0.4, 0.5) is 0 Å². The predicted octanol–water partition coefficient (Wildman–Crippen LogP) is 2.73. The number of nitrogens with zero attached hydrogens (tertiary/aromatic N) is 1. The van der Waals surface area contributed by atoms with Crippen molar-refractivity contribution in [2.75, 3.05) is 32.8 Å². The highest BCUT2D eigenvalue weighted by atomic mass is 32.2. The van der Waals surface area contributed by atoms with Gasteiger partial charge in [0.15, 0.2) is 0 Å². The molecule has 1 aromatic rings. The number of benzene rings is 1. The maximum absolute atomic E-state index is 12.7. The molecule has 3 aliphatic rings. The maximum Gasteiger partial charge on any atom is 0.240 e. The van der Waals surface area contributed by atoms with Gasteiger partial charge in [-0.05, 0) is 93.6 Å². The Morgan fingerprint density at radius 2 is 1.70 bits per heavy atom. The molecule has 0 unspecified atom stereocenters. The molecule has 5 nitrogen and oxygen atoms in total. The van der Waals surface area contributed by atoms with Crippen LogP contribution in [0.2, 0.25) is 0 Å². The molecule has 27 heavy (non-hydrogen) atoms. The third-order valence-corrected chi connectivity index (χ3v) is 7.97. The number of nitrogens with one attached hydrogen (secondary N) is 1. The molecule has 1 N–H and O–H groups in total. The lowest BCUT2D eigenvalue weighted by molar-refractivity contribution is 0.0214. The highest BCUT2D eigenvalue weighted by Crippen LogP contribution is 2.25. The van der Waals surface area contributed by atoms with Crippen LogP contribution in [0.3, 0.4) is 0 Å². The molecular formula is C21H32N2O3S. The normalized spacial score (nSPS) is 23.3. The second-order valence-corrected chi connectivity index (χ2v) is 10.1. The highest BCUT2D eigenvalue weighted by Gasteiger charge is 2.27. The van der Waals surface area contributed by atoms with Gasteiger partial charge in [-0.1, -0.05) is 6.07 Å². The molecular weight excluding hydrogens is 360 g/mol. The van der Waals surface area contributed by atoms with E-state index in [9.17, 15) is 8.42 Å². The molecule has 0 bridgehead atoms. The third-order valence-electron chi connectivity index (χ3n) is 6.55. The first-order valence-electron chi connectivity index (χ1n) is 10.5. The van der Waals surface area contributed by atoms with Crippen molar-refractivity contribution in [3.63, 3.8) is 0 Å². The smallest absolute Gasteiger partial charge is 0.240 e. The quantitative estimate of drug-likeness (QED) is 0.837. The first-order valence-corrected chi connectivity index (χ1v) is 12.0. The minimum atomic E-state index is -3.41. The van der Waals surface area contributed by atoms with Crippen LogP contribution in [-0.4, -0.2) is 52.2 Å². The lowest BCUT2D eigenvalue weighted by Crippen LogP contribution is -2.45. The zero-order chi connectivity index (χ0) is 18.7. The van der Waals surface area contributed by atoms with Crippen LogP contribution in [0.25, 0.3) is 0 Å². The lowest BCUT2D eigenvalue weighted by atomic mass is 9.92. The SMILES string of the molecule is O=S(=O)(NCC1CCN(C2CCOCC2)CC1)c1ccc2c(c1)CCCC2. The van der Waals surface area contributed by atoms with Crippen LogP contribution in [-0.2, 0) is 27.6 Å². The summed E-state index contributed by atoms with van der Waals surface area (Å²) in [4.78, 5) is 3.01. The van der Waals surface area contributed by atoms with Gasteiger partial charge in [0.1, 0.15) is 0 Å². The van der Waals surface area contributed by atoms with Crippen molar-refractivity contribution in [3.05, 3.63) is 29.3 Å². The van der Waals surface area contributed by atoms with Gasteiger partial charge in [0.2, 0.25) is 10.0 Å². The predicted molar refractivity (Wildman–Crippen MR) is 106 cm³/mol. The summed E-state index contributed by atoms with van der Waals surface area (Å²) >= 11 is 0. The van der Waals surface area contributed by atoms with E-state index in [4.69, 9.17) is 4.74 Å². The summed E-state index contributed by atoms with van der Waals surface area (Å²) in [6, 6.07) is 6.34. The number of aryl methyl sites for hydroxylation is 2. The van der Waals surface area contributed by atoms with Crippen LogP contribution in [0.5, 0.6) is 0 Å². The third kappa shape index (κ3) is 4.73. The van der Waals surface area contributed by atoms with Crippen molar-refractivity contribution in [2.24, 2.45) is 5.92 Å². The Bertz CT molecular complexity index is 736. The van der Waals surface area contributed by atoms with E-state index in [0.717, 1.165) is 71.2 Å². The van der Waals surface area contributed by atoms with Gasteiger partial charge in [-0.25, -0.2) is 13.1 Å². The Labute approximate surface area is 163 Å². The maximum atomic E-state index is 12.7. The lowest BCUT2D eigenvalue weighted by Gasteiger charge is -2.39. The monoisotopic (exact) mass is 392 g/mol. The number of likely N-dealkylation sites (tertiary alicyclic amines) is 1. The van der Waals surface area contributed by atoms with Crippen molar-refractivity contribution in [3.8, 4) is 0 Å². The number of ether oxygens (including phenoxy) is 1. The number of hydrogen-bond acceptors (Lipinski definition) is 4. The van der Waals surface area contributed by atoms with Gasteiger partial charge in [-0.2, -0.15) is 0 Å². The van der Waals surface area contributed by atoms with Gasteiger partial charge in [0.25, 0.3) is 0 Å². The van der Waals surface area contributed by atoms with Gasteiger partial charge in [0.05, 0.1) is 4.90 Å². The summed E-state index contributed by atoms with van der Waals surface area (Å²) in [5.41, 5.74) is 2.54. The van der Waals surface area contributed by atoms with Crippen LogP contribution < -0.4 is 4.72 Å². The second-order valence-electron chi connectivity index (χ2n) is 8.31. The summed E-state index contributed by atoms with van der Waals surface area (Å²) in [7, 11) is -3.41. The van der Waals surface area contributed by atoms with Crippen LogP contribution in [0.1, 0.15) is 49.7 Å². The molecule has 0 atom stereocenters. The van der Waals surface area contributed by atoms with E-state index in [1.54, 1.807) is 6.07 Å². The molecule has 0 aromatic heterocycles. The standard InChI is InChI=1S/C21H32N2O3S/c24-27(25,21-6-5-18-3-1-2-4-19(18)15-21)22-16-17-7-11-23(12-8-17)20-9-13-26-14-10-20/h5-6,15,17,20,22H,1-4,7-14,16H2. The number of hydrogen-bond donors (Lipinski definition) is 1. The topological polar surface area (TPSA) is 58.6 Å². The Hall–Kier alpha value is -0.950. The van der Waals surface area contributed by atoms with Gasteiger partial charge >= 0.3 is 0 Å². The second kappa shape index (κ2) is 8.60. The van der Waals surface area contributed by atoms with E-state index in [2.05, 4.69) is 9.62 Å². The largest absolute Gasteiger partial charge is 0.381 e. The fourth-order valence-electron chi connectivity index (χ4n) is 4.76. The van der Waals surface area contributed by atoms with E-state index in [1.807, 2.05) is 12.1 Å². The Morgan fingerprint density at radius 1 is 1.00 bits per heavy atom. The van der Waals surface area contributed by atoms with E-state index in [0.29, 0.717) is 23.4 Å². The van der Waals surface area contributed by atoms with Crippen LogP contribution in [0, 0.1) is 5.92 Å². The van der Waals surface area contributed by atoms with Gasteiger partial charge in [0, 0.05) is 25.8 Å². The Balaban J connectivity index is 1.29. The zero-order valence-electron chi connectivity index (χ0n) is 16.2. The molecule has 150 valence electrons. The van der Waals surface area contributed by atoms with Gasteiger partial charge < -0.3 is 9.64 Å². The molecule has 1 aromatic carbocycles. The van der Waals surface area contributed by atoms with Gasteiger partial charge in [-0.3, -0.25) is 0 Å². The first-order chi connectivity index (χ1) is 13.1. The van der Waals surface area contributed by atoms with Crippen molar-refractivity contribution in [1.29, 1.82) is 0 Å². The molecule has 0 amide bonds. The number of piperidine rings is 1. The minimum Gasteiger partial charge on any atom is -0.381 e. The van der Waals surface area contributed by atoms with Crippen molar-refractivity contribution < 1.29 is 13.2 Å². The van der Waals surface area contributed by atoms with E-state index < -0.39 is 10.0 Å². The Morgan fingerprint density at radius 3 is 2.44 bits per heavy atom. The minimum absolute atomic E-state index is 0.433. The van der Waals surface area contributed by atoms with E-state index in [1.165, 1.54) is 17.5 Å². The van der Waals surface area contributed by atoms with E-state index >= 15 is 0 Å². The molecule has 0 radical (unpaired) electrons. The van der Waals surface area contributed by atoms with Crippen molar-refractivity contribution in [1.82, 2.24) is 9.62 Å². The average Bonchev–Trinajstić information content (AvgIpc) is 2.73. The van der Waals surface area contributed by atoms with Crippen molar-refractivity contribution in [2.45, 2.75) is 62.3 Å². The number of sulfonamides is 1. The highest BCUT2D eigenvalue weighted by molar-refractivity contribution is 7.89. The summed E-state index contributed by atoms with van der Waals surface area (Å²) in [6.45, 7) is 4.48. The number of fused-ring (bicyclic) bond motifs is 1. The molecule has 2 aliphatic heterocycles. The van der Waals surface area contributed by atoms with Crippen molar-refractivity contribution >= 4 is 10.0 Å². The molecule has 6 heteroatoms. The molecule has 1 aliphatic carbocycles. The molecule has 4 rings (SSSR count). The Kier molecular flexibility index (Phi) is 6.17. The summed E-state index contributed by atoms with van der Waals surface area (Å²) in [5.74, 6) is 0.438. The fourth-order valence-corrected chi connectivity index (χ4v) is 5.93. The molecule has 0 saturated carbocycles. The van der Waals surface area contributed by atoms with Gasteiger partial charge in [-0.15, -0.1) is 0 Å². The first kappa shape index (κ1) is 19.4. The molecule has 2 heterocycles. The molecule has 2 fully saturated rings. The molecule has 2 saturated heterocycles. The molecule has 0 spiro atoms. The summed E-state index contributed by atoms with van der Waals surface area (Å²) in [5, 5.41) is 0. The average molecular weight is 393 g/mol. The number of rotatable bonds is 5. The fraction of sp³-hybridized carbons (Fsp3) is 0.714. The summed E-state index contributed by atoms with van der Waals surface area (Å²) in [6.07, 6.45) is 8.87. The van der Waals surface area contributed by atoms with Crippen LogP contribution >= 0.6 is 0 Å². The van der Waals surface area contributed by atoms with E-state index in [-0.39, 0.29) is 0 Å². The zero-order valence-corrected chi connectivity index (χ0v) is 17.0. The summed E-state index contributed by atoms with van der Waals surface area (Å²) < 4.78 is 33.8.